The molecule has 0 aromatic carbocycles. The first-order valence-electron chi connectivity index (χ1n) is 6.56. The minimum atomic E-state index is 0.670. The number of hydrogen-bond acceptors (Lipinski definition) is 4. The summed E-state index contributed by atoms with van der Waals surface area (Å²) >= 11 is 0. The van der Waals surface area contributed by atoms with Gasteiger partial charge >= 0.3 is 0 Å². The van der Waals surface area contributed by atoms with E-state index < -0.39 is 0 Å². The molecule has 94 valence electrons. The van der Waals surface area contributed by atoms with Gasteiger partial charge in [0, 0.05) is 30.9 Å². The largest absolute Gasteiger partial charge is 0.356 e. The van der Waals surface area contributed by atoms with Gasteiger partial charge in [-0.15, -0.1) is 0 Å². The molecule has 0 saturated carbocycles. The smallest absolute Gasteiger partial charge is 0.132 e. The molecule has 17 heavy (non-hydrogen) atoms. The molecule has 1 N–H and O–H groups in total. The number of rotatable bonds is 4. The van der Waals surface area contributed by atoms with Crippen molar-refractivity contribution in [1.29, 1.82) is 0 Å². The van der Waals surface area contributed by atoms with E-state index in [1.807, 2.05) is 7.05 Å². The lowest BCUT2D eigenvalue weighted by Crippen LogP contribution is -2.41. The third-order valence-electron chi connectivity index (χ3n) is 3.44. The van der Waals surface area contributed by atoms with Crippen molar-refractivity contribution in [3.63, 3.8) is 0 Å². The van der Waals surface area contributed by atoms with Crippen LogP contribution in [0.4, 0.5) is 5.82 Å². The third kappa shape index (κ3) is 3.16. The van der Waals surface area contributed by atoms with Crippen molar-refractivity contribution in [2.45, 2.75) is 38.6 Å². The minimum absolute atomic E-state index is 0.670. The Hall–Kier alpha value is -1.16. The molecule has 0 bridgehead atoms. The standard InChI is InChI=1S/C13H22N4/c1-3-4-12-9-13(16-10-15-12)17-7-5-11(14-2)6-8-17/h9-11,14H,3-8H2,1-2H3. The van der Waals surface area contributed by atoms with Crippen molar-refractivity contribution >= 4 is 5.82 Å². The summed E-state index contributed by atoms with van der Waals surface area (Å²) in [6.07, 6.45) is 6.28. The third-order valence-corrected chi connectivity index (χ3v) is 3.44. The molecule has 4 heteroatoms. The first kappa shape index (κ1) is 12.3. The monoisotopic (exact) mass is 234 g/mol. The molecule has 0 atom stereocenters. The van der Waals surface area contributed by atoms with E-state index in [0.717, 1.165) is 37.4 Å². The first-order chi connectivity index (χ1) is 8.33. The quantitative estimate of drug-likeness (QED) is 0.859. The van der Waals surface area contributed by atoms with Gasteiger partial charge in [-0.05, 0) is 26.3 Å². The molecule has 2 rings (SSSR count). The SMILES string of the molecule is CCCc1cc(N2CCC(NC)CC2)ncn1. The van der Waals surface area contributed by atoms with Gasteiger partial charge in [0.15, 0.2) is 0 Å². The molecule has 0 amide bonds. The predicted molar refractivity (Wildman–Crippen MR) is 70.3 cm³/mol. The van der Waals surface area contributed by atoms with Crippen LogP contribution in [0.2, 0.25) is 0 Å². The molecule has 1 fully saturated rings. The van der Waals surface area contributed by atoms with Gasteiger partial charge in [0.25, 0.3) is 0 Å². The van der Waals surface area contributed by atoms with Gasteiger partial charge in [-0.2, -0.15) is 0 Å². The van der Waals surface area contributed by atoms with Gasteiger partial charge in [0.2, 0.25) is 0 Å². The Morgan fingerprint density at radius 3 is 2.76 bits per heavy atom. The zero-order valence-corrected chi connectivity index (χ0v) is 10.8. The molecule has 0 aliphatic carbocycles. The summed E-state index contributed by atoms with van der Waals surface area (Å²) in [4.78, 5) is 11.1. The number of nitrogens with one attached hydrogen (secondary N) is 1. The van der Waals surface area contributed by atoms with Crippen molar-refractivity contribution in [1.82, 2.24) is 15.3 Å². The lowest BCUT2D eigenvalue weighted by Gasteiger charge is -2.32. The van der Waals surface area contributed by atoms with E-state index in [4.69, 9.17) is 0 Å². The highest BCUT2D eigenvalue weighted by Gasteiger charge is 2.18. The van der Waals surface area contributed by atoms with Crippen LogP contribution in [0.25, 0.3) is 0 Å². The Balaban J connectivity index is 2.00. The maximum atomic E-state index is 4.39. The predicted octanol–water partition coefficient (Wildman–Crippen LogP) is 1.62. The van der Waals surface area contributed by atoms with Crippen LogP contribution in [-0.4, -0.2) is 36.1 Å². The van der Waals surface area contributed by atoms with E-state index in [9.17, 15) is 0 Å². The van der Waals surface area contributed by atoms with Gasteiger partial charge < -0.3 is 10.2 Å². The topological polar surface area (TPSA) is 41.0 Å². The second-order valence-corrected chi connectivity index (χ2v) is 4.67. The molecule has 0 radical (unpaired) electrons. The summed E-state index contributed by atoms with van der Waals surface area (Å²) in [5.41, 5.74) is 1.16. The lowest BCUT2D eigenvalue weighted by atomic mass is 10.1. The molecule has 0 spiro atoms. The Bertz CT molecular complexity index is 345. The van der Waals surface area contributed by atoms with Gasteiger partial charge in [0.05, 0.1) is 0 Å². The fourth-order valence-corrected chi connectivity index (χ4v) is 2.35. The van der Waals surface area contributed by atoms with Gasteiger partial charge in [-0.25, -0.2) is 9.97 Å². The zero-order chi connectivity index (χ0) is 12.1. The van der Waals surface area contributed by atoms with Crippen molar-refractivity contribution < 1.29 is 0 Å². The molecule has 1 aromatic rings. The summed E-state index contributed by atoms with van der Waals surface area (Å²) in [6, 6.07) is 2.81. The van der Waals surface area contributed by atoms with E-state index in [1.165, 1.54) is 12.8 Å². The molecule has 2 heterocycles. The van der Waals surface area contributed by atoms with Crippen LogP contribution >= 0.6 is 0 Å². The molecule has 0 unspecified atom stereocenters. The fourth-order valence-electron chi connectivity index (χ4n) is 2.35. The molecule has 4 nitrogen and oxygen atoms in total. The Kier molecular flexibility index (Phi) is 4.31. The summed E-state index contributed by atoms with van der Waals surface area (Å²) in [6.45, 7) is 4.36. The maximum absolute atomic E-state index is 4.39. The zero-order valence-electron chi connectivity index (χ0n) is 10.8. The highest BCUT2D eigenvalue weighted by atomic mass is 15.2. The molecular weight excluding hydrogens is 212 g/mol. The number of anilines is 1. The minimum Gasteiger partial charge on any atom is -0.356 e. The second kappa shape index (κ2) is 5.96. The van der Waals surface area contributed by atoms with Gasteiger partial charge in [0.1, 0.15) is 12.1 Å². The van der Waals surface area contributed by atoms with E-state index in [-0.39, 0.29) is 0 Å². The van der Waals surface area contributed by atoms with Crippen LogP contribution in [0.15, 0.2) is 12.4 Å². The van der Waals surface area contributed by atoms with Crippen molar-refractivity contribution in [3.8, 4) is 0 Å². The van der Waals surface area contributed by atoms with E-state index in [1.54, 1.807) is 6.33 Å². The van der Waals surface area contributed by atoms with Crippen molar-refractivity contribution in [3.05, 3.63) is 18.1 Å². The number of hydrogen-bond donors (Lipinski definition) is 1. The molecular formula is C13H22N4. The van der Waals surface area contributed by atoms with Crippen molar-refractivity contribution in [2.75, 3.05) is 25.0 Å². The van der Waals surface area contributed by atoms with Crippen LogP contribution in [0.3, 0.4) is 0 Å². The van der Waals surface area contributed by atoms with Crippen LogP contribution in [0.1, 0.15) is 31.9 Å². The number of aromatic nitrogens is 2. The van der Waals surface area contributed by atoms with Crippen LogP contribution in [0, 0.1) is 0 Å². The maximum Gasteiger partial charge on any atom is 0.132 e. The molecule has 1 aliphatic heterocycles. The number of aryl methyl sites for hydroxylation is 1. The lowest BCUT2D eigenvalue weighted by molar-refractivity contribution is 0.440. The Labute approximate surface area is 103 Å². The molecule has 1 aromatic heterocycles. The average Bonchev–Trinajstić information content (AvgIpc) is 2.40. The highest BCUT2D eigenvalue weighted by Crippen LogP contribution is 2.18. The van der Waals surface area contributed by atoms with Crippen LogP contribution < -0.4 is 10.2 Å². The number of piperidine rings is 1. The molecule has 1 saturated heterocycles. The van der Waals surface area contributed by atoms with E-state index in [2.05, 4.69) is 33.2 Å². The number of nitrogens with zero attached hydrogens (tertiary/aromatic N) is 3. The van der Waals surface area contributed by atoms with Gasteiger partial charge in [-0.3, -0.25) is 0 Å². The summed E-state index contributed by atoms with van der Waals surface area (Å²) in [7, 11) is 2.05. The first-order valence-corrected chi connectivity index (χ1v) is 6.56. The van der Waals surface area contributed by atoms with Crippen molar-refractivity contribution in [2.24, 2.45) is 0 Å². The second-order valence-electron chi connectivity index (χ2n) is 4.67. The Morgan fingerprint density at radius 2 is 2.12 bits per heavy atom. The summed E-state index contributed by atoms with van der Waals surface area (Å²) in [5.74, 6) is 1.10. The van der Waals surface area contributed by atoms with Crippen LogP contribution in [0.5, 0.6) is 0 Å². The fraction of sp³-hybridized carbons (Fsp3) is 0.692. The Morgan fingerprint density at radius 1 is 1.35 bits per heavy atom. The average molecular weight is 234 g/mol. The normalized spacial score (nSPS) is 17.4. The molecule has 1 aliphatic rings. The summed E-state index contributed by atoms with van der Waals surface area (Å²) in [5, 5.41) is 3.35. The van der Waals surface area contributed by atoms with E-state index in [0.29, 0.717) is 6.04 Å². The highest BCUT2D eigenvalue weighted by molar-refractivity contribution is 5.39. The van der Waals surface area contributed by atoms with Gasteiger partial charge in [-0.1, -0.05) is 13.3 Å². The van der Waals surface area contributed by atoms with Crippen LogP contribution in [-0.2, 0) is 6.42 Å². The summed E-state index contributed by atoms with van der Waals surface area (Å²) < 4.78 is 0. The van der Waals surface area contributed by atoms with E-state index >= 15 is 0 Å².